The standard InChI is InChI=1S/C12H12N2O2/c1-8-9(4-2-6-11(8)15)14-12(16)10-5-3-7-13-10/h2-7,13,15H,1H3,(H,14,16). The van der Waals surface area contributed by atoms with Crippen LogP contribution < -0.4 is 5.32 Å². The van der Waals surface area contributed by atoms with Crippen molar-refractivity contribution in [1.29, 1.82) is 0 Å². The van der Waals surface area contributed by atoms with E-state index >= 15 is 0 Å². The van der Waals surface area contributed by atoms with Gasteiger partial charge in [-0.1, -0.05) is 6.07 Å². The van der Waals surface area contributed by atoms with Crippen LogP contribution in [0.15, 0.2) is 36.5 Å². The van der Waals surface area contributed by atoms with Gasteiger partial charge in [-0.15, -0.1) is 0 Å². The van der Waals surface area contributed by atoms with Gasteiger partial charge in [0.25, 0.3) is 5.91 Å². The zero-order valence-corrected chi connectivity index (χ0v) is 8.82. The van der Waals surface area contributed by atoms with Gasteiger partial charge in [0.15, 0.2) is 0 Å². The molecule has 0 saturated heterocycles. The lowest BCUT2D eigenvalue weighted by atomic mass is 10.2. The molecule has 0 spiro atoms. The van der Waals surface area contributed by atoms with Gasteiger partial charge in [-0.05, 0) is 31.2 Å². The Morgan fingerprint density at radius 1 is 1.31 bits per heavy atom. The number of amides is 1. The molecule has 0 saturated carbocycles. The van der Waals surface area contributed by atoms with Crippen LogP contribution >= 0.6 is 0 Å². The molecule has 16 heavy (non-hydrogen) atoms. The van der Waals surface area contributed by atoms with E-state index in [0.717, 1.165) is 0 Å². The summed E-state index contributed by atoms with van der Waals surface area (Å²) in [5.74, 6) is -0.0528. The van der Waals surface area contributed by atoms with E-state index in [0.29, 0.717) is 16.9 Å². The van der Waals surface area contributed by atoms with Crippen LogP contribution in [0.2, 0.25) is 0 Å². The minimum absolute atomic E-state index is 0.171. The lowest BCUT2D eigenvalue weighted by Gasteiger charge is -2.08. The molecule has 0 aliphatic heterocycles. The third kappa shape index (κ3) is 1.91. The number of aromatic nitrogens is 1. The molecule has 1 heterocycles. The van der Waals surface area contributed by atoms with Crippen molar-refractivity contribution in [1.82, 2.24) is 4.98 Å². The van der Waals surface area contributed by atoms with E-state index in [4.69, 9.17) is 0 Å². The third-order valence-electron chi connectivity index (χ3n) is 2.40. The topological polar surface area (TPSA) is 65.1 Å². The number of phenols is 1. The summed E-state index contributed by atoms with van der Waals surface area (Å²) in [6.07, 6.45) is 1.68. The van der Waals surface area contributed by atoms with Crippen molar-refractivity contribution in [3.05, 3.63) is 47.8 Å². The monoisotopic (exact) mass is 216 g/mol. The Balaban J connectivity index is 2.22. The van der Waals surface area contributed by atoms with Crippen LogP contribution in [0, 0.1) is 6.92 Å². The van der Waals surface area contributed by atoms with Gasteiger partial charge in [-0.3, -0.25) is 4.79 Å². The Morgan fingerprint density at radius 2 is 2.12 bits per heavy atom. The normalized spacial score (nSPS) is 10.1. The molecule has 0 bridgehead atoms. The van der Waals surface area contributed by atoms with Gasteiger partial charge in [0, 0.05) is 17.4 Å². The third-order valence-corrected chi connectivity index (χ3v) is 2.40. The van der Waals surface area contributed by atoms with Crippen molar-refractivity contribution < 1.29 is 9.90 Å². The lowest BCUT2D eigenvalue weighted by Crippen LogP contribution is -2.12. The number of carbonyl (C=O) groups excluding carboxylic acids is 1. The zero-order valence-electron chi connectivity index (χ0n) is 8.82. The van der Waals surface area contributed by atoms with E-state index < -0.39 is 0 Å². The fraction of sp³-hybridized carbons (Fsp3) is 0.0833. The molecule has 82 valence electrons. The molecule has 0 fully saturated rings. The number of phenolic OH excluding ortho intramolecular Hbond substituents is 1. The van der Waals surface area contributed by atoms with Gasteiger partial charge in [0.1, 0.15) is 11.4 Å². The minimum atomic E-state index is -0.223. The first-order valence-electron chi connectivity index (χ1n) is 4.92. The molecule has 0 atom stereocenters. The highest BCUT2D eigenvalue weighted by molar-refractivity contribution is 6.03. The highest BCUT2D eigenvalue weighted by atomic mass is 16.3. The summed E-state index contributed by atoms with van der Waals surface area (Å²) in [5.41, 5.74) is 1.75. The number of nitrogens with one attached hydrogen (secondary N) is 2. The number of carbonyl (C=O) groups is 1. The summed E-state index contributed by atoms with van der Waals surface area (Å²) in [7, 11) is 0. The van der Waals surface area contributed by atoms with Gasteiger partial charge in [-0.2, -0.15) is 0 Å². The number of H-pyrrole nitrogens is 1. The summed E-state index contributed by atoms with van der Waals surface area (Å²) in [6.45, 7) is 1.75. The van der Waals surface area contributed by atoms with Crippen LogP contribution in [0.25, 0.3) is 0 Å². The van der Waals surface area contributed by atoms with Gasteiger partial charge in [0.05, 0.1) is 0 Å². The highest BCUT2D eigenvalue weighted by Gasteiger charge is 2.09. The Kier molecular flexibility index (Phi) is 2.64. The SMILES string of the molecule is Cc1c(O)cccc1NC(=O)c1ccc[nH]1. The quantitative estimate of drug-likeness (QED) is 0.721. The molecule has 0 aliphatic carbocycles. The molecular weight excluding hydrogens is 204 g/mol. The molecule has 0 radical (unpaired) electrons. The molecule has 3 N–H and O–H groups in total. The van der Waals surface area contributed by atoms with Crippen LogP contribution in [-0.4, -0.2) is 16.0 Å². The second kappa shape index (κ2) is 4.10. The highest BCUT2D eigenvalue weighted by Crippen LogP contribution is 2.24. The van der Waals surface area contributed by atoms with E-state index in [1.54, 1.807) is 43.5 Å². The van der Waals surface area contributed by atoms with E-state index in [9.17, 15) is 9.90 Å². The van der Waals surface area contributed by atoms with Crippen LogP contribution in [-0.2, 0) is 0 Å². The fourth-order valence-corrected chi connectivity index (χ4v) is 1.42. The first-order valence-corrected chi connectivity index (χ1v) is 4.92. The van der Waals surface area contributed by atoms with Gasteiger partial charge in [-0.25, -0.2) is 0 Å². The molecule has 1 aromatic carbocycles. The molecular formula is C12H12N2O2. The van der Waals surface area contributed by atoms with Crippen LogP contribution in [0.3, 0.4) is 0 Å². The fourth-order valence-electron chi connectivity index (χ4n) is 1.42. The number of hydrogen-bond donors (Lipinski definition) is 3. The second-order valence-corrected chi connectivity index (χ2v) is 3.49. The number of hydrogen-bond acceptors (Lipinski definition) is 2. The Morgan fingerprint density at radius 3 is 2.81 bits per heavy atom. The average molecular weight is 216 g/mol. The maximum Gasteiger partial charge on any atom is 0.272 e. The first kappa shape index (κ1) is 10.3. The minimum Gasteiger partial charge on any atom is -0.508 e. The zero-order chi connectivity index (χ0) is 11.5. The molecule has 0 aliphatic rings. The number of aromatic hydroxyl groups is 1. The number of aromatic amines is 1. The van der Waals surface area contributed by atoms with E-state index in [1.807, 2.05) is 0 Å². The molecule has 0 unspecified atom stereocenters. The largest absolute Gasteiger partial charge is 0.508 e. The van der Waals surface area contributed by atoms with E-state index in [1.165, 1.54) is 0 Å². The van der Waals surface area contributed by atoms with Gasteiger partial charge < -0.3 is 15.4 Å². The predicted octanol–water partition coefficient (Wildman–Crippen LogP) is 2.28. The predicted molar refractivity (Wildman–Crippen MR) is 61.6 cm³/mol. The van der Waals surface area contributed by atoms with E-state index in [2.05, 4.69) is 10.3 Å². The molecule has 4 heteroatoms. The number of anilines is 1. The van der Waals surface area contributed by atoms with Crippen molar-refractivity contribution >= 4 is 11.6 Å². The van der Waals surface area contributed by atoms with Crippen LogP contribution in [0.5, 0.6) is 5.75 Å². The number of benzene rings is 1. The summed E-state index contributed by atoms with van der Waals surface area (Å²) < 4.78 is 0. The molecule has 4 nitrogen and oxygen atoms in total. The van der Waals surface area contributed by atoms with Gasteiger partial charge >= 0.3 is 0 Å². The van der Waals surface area contributed by atoms with Crippen LogP contribution in [0.4, 0.5) is 5.69 Å². The maximum atomic E-state index is 11.7. The van der Waals surface area contributed by atoms with Gasteiger partial charge in [0.2, 0.25) is 0 Å². The van der Waals surface area contributed by atoms with Crippen LogP contribution in [0.1, 0.15) is 16.1 Å². The summed E-state index contributed by atoms with van der Waals surface area (Å²) in [6, 6.07) is 8.46. The molecule has 2 aromatic rings. The van der Waals surface area contributed by atoms with E-state index in [-0.39, 0.29) is 11.7 Å². The smallest absolute Gasteiger partial charge is 0.272 e. The van der Waals surface area contributed by atoms with Crippen molar-refractivity contribution in [2.24, 2.45) is 0 Å². The van der Waals surface area contributed by atoms with Crippen molar-refractivity contribution in [3.8, 4) is 5.75 Å². The molecule has 2 rings (SSSR count). The lowest BCUT2D eigenvalue weighted by molar-refractivity contribution is 0.102. The van der Waals surface area contributed by atoms with Crippen molar-refractivity contribution in [3.63, 3.8) is 0 Å². The van der Waals surface area contributed by atoms with Crippen molar-refractivity contribution in [2.75, 3.05) is 5.32 Å². The second-order valence-electron chi connectivity index (χ2n) is 3.49. The molecule has 1 aromatic heterocycles. The summed E-state index contributed by atoms with van der Waals surface area (Å²) >= 11 is 0. The first-order chi connectivity index (χ1) is 7.68. The summed E-state index contributed by atoms with van der Waals surface area (Å²) in [4.78, 5) is 14.5. The van der Waals surface area contributed by atoms with Crippen molar-refractivity contribution in [2.45, 2.75) is 6.92 Å². The Labute approximate surface area is 92.9 Å². The summed E-state index contributed by atoms with van der Waals surface area (Å²) in [5, 5.41) is 12.2. The Hall–Kier alpha value is -2.23. The average Bonchev–Trinajstić information content (AvgIpc) is 2.78. The molecule has 1 amide bonds. The Bertz CT molecular complexity index is 504. The number of rotatable bonds is 2. The maximum absolute atomic E-state index is 11.7.